The molecule has 158 valence electrons. The Hall–Kier alpha value is -2.84. The van der Waals surface area contributed by atoms with Crippen LogP contribution in [0.5, 0.6) is 0 Å². The van der Waals surface area contributed by atoms with Crippen LogP contribution >= 0.6 is 27.3 Å². The number of aromatic nitrogens is 4. The zero-order chi connectivity index (χ0) is 22.1. The topological polar surface area (TPSA) is 72.7 Å². The van der Waals surface area contributed by atoms with E-state index in [4.69, 9.17) is 0 Å². The van der Waals surface area contributed by atoms with Gasteiger partial charge in [-0.15, -0.1) is 16.4 Å². The average molecular weight is 496 g/mol. The van der Waals surface area contributed by atoms with Gasteiger partial charge in [-0.3, -0.25) is 4.79 Å². The van der Waals surface area contributed by atoms with Gasteiger partial charge >= 0.3 is 0 Å². The Morgan fingerprint density at radius 1 is 1.06 bits per heavy atom. The molecule has 0 spiro atoms. The summed E-state index contributed by atoms with van der Waals surface area (Å²) in [6.45, 7) is 8.43. The maximum absolute atomic E-state index is 12.7. The van der Waals surface area contributed by atoms with E-state index in [-0.39, 0.29) is 5.91 Å². The van der Waals surface area contributed by atoms with Crippen molar-refractivity contribution in [2.45, 2.75) is 34.2 Å². The summed E-state index contributed by atoms with van der Waals surface area (Å²) in [7, 11) is 0. The number of carbonyl (C=O) groups is 1. The van der Waals surface area contributed by atoms with Gasteiger partial charge in [0.25, 0.3) is 5.91 Å². The Bertz CT molecular complexity index is 1260. The molecule has 2 aromatic carbocycles. The summed E-state index contributed by atoms with van der Waals surface area (Å²) >= 11 is 4.76. The first-order valence-electron chi connectivity index (χ1n) is 9.84. The minimum atomic E-state index is -0.136. The highest BCUT2D eigenvalue weighted by atomic mass is 79.9. The van der Waals surface area contributed by atoms with E-state index in [9.17, 15) is 4.79 Å². The van der Waals surface area contributed by atoms with Crippen molar-refractivity contribution in [3.05, 3.63) is 79.9 Å². The predicted octanol–water partition coefficient (Wildman–Crippen LogP) is 5.32. The van der Waals surface area contributed by atoms with Gasteiger partial charge in [-0.05, 0) is 68.7 Å². The lowest BCUT2D eigenvalue weighted by Crippen LogP contribution is -2.22. The van der Waals surface area contributed by atoms with E-state index in [1.54, 1.807) is 0 Å². The molecular formula is C23H22BrN5OS. The van der Waals surface area contributed by atoms with Gasteiger partial charge in [0.1, 0.15) is 15.6 Å². The molecule has 0 atom stereocenters. The van der Waals surface area contributed by atoms with E-state index in [1.807, 2.05) is 48.9 Å². The zero-order valence-electron chi connectivity index (χ0n) is 17.7. The summed E-state index contributed by atoms with van der Waals surface area (Å²) < 4.78 is 2.82. The zero-order valence-corrected chi connectivity index (χ0v) is 20.1. The fraction of sp³-hybridized carbons (Fsp3) is 0.217. The summed E-state index contributed by atoms with van der Waals surface area (Å²) in [5, 5.41) is 12.3. The maximum atomic E-state index is 12.7. The van der Waals surface area contributed by atoms with Crippen molar-refractivity contribution < 1.29 is 4.79 Å². The first kappa shape index (κ1) is 21.4. The van der Waals surface area contributed by atoms with Gasteiger partial charge in [-0.25, -0.2) is 9.67 Å². The summed E-state index contributed by atoms with van der Waals surface area (Å²) in [5.74, 6) is -0.136. The number of aryl methyl sites for hydroxylation is 3. The lowest BCUT2D eigenvalue weighted by Gasteiger charge is -2.06. The number of benzene rings is 2. The van der Waals surface area contributed by atoms with Crippen LogP contribution in [0.25, 0.3) is 16.4 Å². The minimum Gasteiger partial charge on any atom is -0.347 e. The predicted molar refractivity (Wildman–Crippen MR) is 127 cm³/mol. The molecule has 0 saturated carbocycles. The third kappa shape index (κ3) is 4.45. The molecule has 1 amide bonds. The standard InChI is InChI=1S/C23H22BrN5OS/c1-13-5-10-19(11-14(13)2)29-16(4)20(27-28-29)23-26-15(3)21(31-23)22(30)25-12-17-6-8-18(24)9-7-17/h5-11H,12H2,1-4H3,(H,25,30). The van der Waals surface area contributed by atoms with Crippen molar-refractivity contribution in [1.29, 1.82) is 0 Å². The summed E-state index contributed by atoms with van der Waals surface area (Å²) in [6, 6.07) is 14.1. The van der Waals surface area contributed by atoms with E-state index in [0.29, 0.717) is 27.8 Å². The molecule has 4 rings (SSSR count). The van der Waals surface area contributed by atoms with Crippen LogP contribution in [0.15, 0.2) is 46.9 Å². The van der Waals surface area contributed by atoms with E-state index >= 15 is 0 Å². The molecule has 0 saturated heterocycles. The van der Waals surface area contributed by atoms with Crippen molar-refractivity contribution in [1.82, 2.24) is 25.3 Å². The summed E-state index contributed by atoms with van der Waals surface area (Å²) in [4.78, 5) is 17.9. The normalized spacial score (nSPS) is 11.0. The Kier molecular flexibility index (Phi) is 6.02. The van der Waals surface area contributed by atoms with Gasteiger partial charge in [-0.1, -0.05) is 39.3 Å². The first-order chi connectivity index (χ1) is 14.8. The lowest BCUT2D eigenvalue weighted by molar-refractivity contribution is 0.0954. The molecule has 8 heteroatoms. The number of carbonyl (C=O) groups excluding carboxylic acids is 1. The van der Waals surface area contributed by atoms with E-state index in [1.165, 1.54) is 22.5 Å². The van der Waals surface area contributed by atoms with Crippen LogP contribution < -0.4 is 5.32 Å². The highest BCUT2D eigenvalue weighted by Crippen LogP contribution is 2.29. The number of hydrogen-bond acceptors (Lipinski definition) is 5. The molecule has 0 aliphatic carbocycles. The van der Waals surface area contributed by atoms with Crippen LogP contribution in [0.3, 0.4) is 0 Å². The summed E-state index contributed by atoms with van der Waals surface area (Å²) in [5.41, 5.74) is 6.69. The van der Waals surface area contributed by atoms with Crippen molar-refractivity contribution in [2.75, 3.05) is 0 Å². The minimum absolute atomic E-state index is 0.136. The van der Waals surface area contributed by atoms with E-state index < -0.39 is 0 Å². The third-order valence-electron chi connectivity index (χ3n) is 5.20. The van der Waals surface area contributed by atoms with Crippen LogP contribution in [-0.2, 0) is 6.54 Å². The fourth-order valence-corrected chi connectivity index (χ4v) is 4.49. The molecular weight excluding hydrogens is 474 g/mol. The Morgan fingerprint density at radius 2 is 1.81 bits per heavy atom. The number of rotatable bonds is 5. The first-order valence-corrected chi connectivity index (χ1v) is 11.4. The number of nitrogens with zero attached hydrogens (tertiary/aromatic N) is 4. The summed E-state index contributed by atoms with van der Waals surface area (Å²) in [6.07, 6.45) is 0. The Morgan fingerprint density at radius 3 is 2.52 bits per heavy atom. The molecule has 1 N–H and O–H groups in total. The second-order valence-corrected chi connectivity index (χ2v) is 9.36. The van der Waals surface area contributed by atoms with Crippen molar-refractivity contribution >= 4 is 33.2 Å². The molecule has 31 heavy (non-hydrogen) atoms. The third-order valence-corrected chi connectivity index (χ3v) is 6.89. The number of halogens is 1. The van der Waals surface area contributed by atoms with Crippen LogP contribution in [0.1, 0.15) is 37.7 Å². The monoisotopic (exact) mass is 495 g/mol. The second kappa shape index (κ2) is 8.72. The molecule has 6 nitrogen and oxygen atoms in total. The SMILES string of the molecule is Cc1ccc(-n2nnc(-c3nc(C)c(C(=O)NCc4ccc(Br)cc4)s3)c2C)cc1C. The van der Waals surface area contributed by atoms with Crippen molar-refractivity contribution in [3.63, 3.8) is 0 Å². The Balaban J connectivity index is 1.56. The largest absolute Gasteiger partial charge is 0.347 e. The van der Waals surface area contributed by atoms with Crippen LogP contribution in [0, 0.1) is 27.7 Å². The van der Waals surface area contributed by atoms with Gasteiger partial charge in [-0.2, -0.15) is 0 Å². The maximum Gasteiger partial charge on any atom is 0.263 e. The Labute approximate surface area is 193 Å². The van der Waals surface area contributed by atoms with Gasteiger partial charge in [0, 0.05) is 11.0 Å². The molecule has 0 aliphatic rings. The molecule has 0 bridgehead atoms. The lowest BCUT2D eigenvalue weighted by atomic mass is 10.1. The smallest absolute Gasteiger partial charge is 0.263 e. The highest BCUT2D eigenvalue weighted by Gasteiger charge is 2.20. The number of thiazole rings is 1. The van der Waals surface area contributed by atoms with Gasteiger partial charge in [0.05, 0.1) is 17.1 Å². The van der Waals surface area contributed by atoms with Crippen LogP contribution in [0.4, 0.5) is 0 Å². The number of nitrogens with one attached hydrogen (secondary N) is 1. The highest BCUT2D eigenvalue weighted by molar-refractivity contribution is 9.10. The van der Waals surface area contributed by atoms with Gasteiger partial charge in [0.15, 0.2) is 0 Å². The average Bonchev–Trinajstić information content (AvgIpc) is 3.32. The molecule has 0 aliphatic heterocycles. The molecule has 0 fully saturated rings. The molecule has 0 radical (unpaired) electrons. The van der Waals surface area contributed by atoms with Gasteiger partial charge < -0.3 is 5.32 Å². The molecule has 2 heterocycles. The fourth-order valence-electron chi connectivity index (χ4n) is 3.20. The van der Waals surface area contributed by atoms with E-state index in [0.717, 1.165) is 21.4 Å². The molecule has 0 unspecified atom stereocenters. The van der Waals surface area contributed by atoms with Gasteiger partial charge in [0.2, 0.25) is 0 Å². The molecule has 2 aromatic heterocycles. The second-order valence-electron chi connectivity index (χ2n) is 7.45. The molecule has 4 aromatic rings. The number of hydrogen-bond donors (Lipinski definition) is 1. The van der Waals surface area contributed by atoms with Crippen LogP contribution in [-0.4, -0.2) is 25.9 Å². The van der Waals surface area contributed by atoms with Crippen molar-refractivity contribution in [2.24, 2.45) is 0 Å². The van der Waals surface area contributed by atoms with Crippen molar-refractivity contribution in [3.8, 4) is 16.4 Å². The number of amides is 1. The van der Waals surface area contributed by atoms with E-state index in [2.05, 4.69) is 62.5 Å². The quantitative estimate of drug-likeness (QED) is 0.406. The van der Waals surface area contributed by atoms with Crippen LogP contribution in [0.2, 0.25) is 0 Å².